The third-order valence-electron chi connectivity index (χ3n) is 4.19. The number of nitrogens with two attached hydrogens (primary N) is 1. The molecule has 4 N–H and O–H groups in total. The van der Waals surface area contributed by atoms with E-state index in [0.29, 0.717) is 18.3 Å². The lowest BCUT2D eigenvalue weighted by atomic mass is 10.1. The fourth-order valence-electron chi connectivity index (χ4n) is 2.78. The van der Waals surface area contributed by atoms with Gasteiger partial charge in [-0.3, -0.25) is 9.48 Å². The van der Waals surface area contributed by atoms with E-state index in [-0.39, 0.29) is 11.8 Å². The van der Waals surface area contributed by atoms with Crippen molar-refractivity contribution in [2.75, 3.05) is 6.54 Å². The van der Waals surface area contributed by atoms with E-state index in [1.807, 2.05) is 25.6 Å². The molecule has 0 saturated carbocycles. The van der Waals surface area contributed by atoms with Crippen LogP contribution in [0.3, 0.4) is 0 Å². The van der Waals surface area contributed by atoms with Crippen molar-refractivity contribution in [1.82, 2.24) is 20.4 Å². The Morgan fingerprint density at radius 1 is 1.42 bits per heavy atom. The van der Waals surface area contributed by atoms with Crippen LogP contribution >= 0.6 is 0 Å². The lowest BCUT2D eigenvalue weighted by molar-refractivity contribution is 0.0972. The zero-order valence-electron chi connectivity index (χ0n) is 16.1. The first-order valence-corrected chi connectivity index (χ1v) is 8.74. The molecule has 0 fully saturated rings. The Balaban J connectivity index is 2.02. The maximum absolute atomic E-state index is 11.1. The number of carbonyl (C=O) groups excluding carboxylic acids is 1. The van der Waals surface area contributed by atoms with Crippen LogP contribution < -0.4 is 16.4 Å². The molecule has 2 heterocycles. The largest absolute Gasteiger partial charge is 0.454 e. The number of primary amides is 1. The number of furan rings is 1. The summed E-state index contributed by atoms with van der Waals surface area (Å²) in [5.74, 6) is 0.837. The van der Waals surface area contributed by atoms with Crippen LogP contribution in [0.1, 0.15) is 47.1 Å². The Labute approximate surface area is 153 Å². The Kier molecular flexibility index (Phi) is 6.43. The van der Waals surface area contributed by atoms with Gasteiger partial charge in [-0.2, -0.15) is 5.10 Å². The first-order chi connectivity index (χ1) is 12.3. The van der Waals surface area contributed by atoms with Crippen LogP contribution in [-0.4, -0.2) is 34.2 Å². The number of hydrogen-bond donors (Lipinski definition) is 3. The second-order valence-corrected chi connectivity index (χ2v) is 6.35. The van der Waals surface area contributed by atoms with E-state index in [2.05, 4.69) is 34.6 Å². The molecule has 0 spiro atoms. The minimum atomic E-state index is -0.582. The zero-order chi connectivity index (χ0) is 19.3. The van der Waals surface area contributed by atoms with Gasteiger partial charge in [-0.1, -0.05) is 0 Å². The van der Waals surface area contributed by atoms with Crippen molar-refractivity contribution in [2.24, 2.45) is 17.8 Å². The molecule has 0 saturated heterocycles. The van der Waals surface area contributed by atoms with Gasteiger partial charge in [0.2, 0.25) is 0 Å². The summed E-state index contributed by atoms with van der Waals surface area (Å²) >= 11 is 0. The van der Waals surface area contributed by atoms with Gasteiger partial charge in [-0.15, -0.1) is 0 Å². The maximum atomic E-state index is 11.1. The van der Waals surface area contributed by atoms with E-state index in [1.54, 1.807) is 12.1 Å². The molecule has 142 valence electrons. The van der Waals surface area contributed by atoms with E-state index in [0.717, 1.165) is 18.7 Å². The maximum Gasteiger partial charge on any atom is 0.284 e. The number of amides is 1. The molecule has 0 aliphatic carbocycles. The number of aryl methyl sites for hydroxylation is 2. The van der Waals surface area contributed by atoms with Crippen LogP contribution in [0.25, 0.3) is 0 Å². The van der Waals surface area contributed by atoms with E-state index < -0.39 is 5.91 Å². The van der Waals surface area contributed by atoms with Crippen LogP contribution in [0.4, 0.5) is 0 Å². The molecule has 26 heavy (non-hydrogen) atoms. The van der Waals surface area contributed by atoms with Crippen LogP contribution in [0.15, 0.2) is 21.5 Å². The average molecular weight is 360 g/mol. The Morgan fingerprint density at radius 2 is 2.15 bits per heavy atom. The fourth-order valence-corrected chi connectivity index (χ4v) is 2.78. The standard InChI is InChI=1S/C18H28N6O2/c1-6-20-18(21-10-14-7-8-16(26-14)17(19)25)22-11(2)9-15-12(3)23-24(5)13(15)4/h7-8,11H,6,9-10H2,1-5H3,(H2,19,25)(H2,20,21,22). The van der Waals surface area contributed by atoms with Gasteiger partial charge in [0.05, 0.1) is 5.69 Å². The molecular formula is C18H28N6O2. The van der Waals surface area contributed by atoms with Gasteiger partial charge in [0.15, 0.2) is 11.7 Å². The van der Waals surface area contributed by atoms with Gasteiger partial charge in [-0.05, 0) is 51.8 Å². The molecule has 1 unspecified atom stereocenters. The highest BCUT2D eigenvalue weighted by molar-refractivity contribution is 5.89. The number of rotatable bonds is 7. The van der Waals surface area contributed by atoms with Crippen molar-refractivity contribution in [3.63, 3.8) is 0 Å². The molecule has 0 aliphatic heterocycles. The molecule has 2 aromatic heterocycles. The van der Waals surface area contributed by atoms with Crippen molar-refractivity contribution in [1.29, 1.82) is 0 Å². The average Bonchev–Trinajstić information content (AvgIpc) is 3.14. The van der Waals surface area contributed by atoms with Crippen molar-refractivity contribution in [2.45, 2.75) is 46.7 Å². The van der Waals surface area contributed by atoms with Crippen LogP contribution in [0, 0.1) is 13.8 Å². The monoisotopic (exact) mass is 360 g/mol. The van der Waals surface area contributed by atoms with Gasteiger partial charge in [-0.25, -0.2) is 4.99 Å². The number of aliphatic imine (C=N–C) groups is 1. The minimum Gasteiger partial charge on any atom is -0.454 e. The summed E-state index contributed by atoms with van der Waals surface area (Å²) < 4.78 is 7.27. The second-order valence-electron chi connectivity index (χ2n) is 6.35. The summed E-state index contributed by atoms with van der Waals surface area (Å²) in [7, 11) is 1.96. The summed E-state index contributed by atoms with van der Waals surface area (Å²) in [4.78, 5) is 15.6. The topological polar surface area (TPSA) is 110 Å². The zero-order valence-corrected chi connectivity index (χ0v) is 16.1. The van der Waals surface area contributed by atoms with Gasteiger partial charge in [0.25, 0.3) is 5.91 Å². The van der Waals surface area contributed by atoms with Crippen LogP contribution in [0.2, 0.25) is 0 Å². The van der Waals surface area contributed by atoms with Gasteiger partial charge in [0, 0.05) is 25.3 Å². The van der Waals surface area contributed by atoms with Gasteiger partial charge >= 0.3 is 0 Å². The molecule has 2 rings (SSSR count). The van der Waals surface area contributed by atoms with E-state index in [9.17, 15) is 4.79 Å². The first-order valence-electron chi connectivity index (χ1n) is 8.74. The molecule has 0 radical (unpaired) electrons. The Morgan fingerprint density at radius 3 is 2.69 bits per heavy atom. The Hall–Kier alpha value is -2.77. The van der Waals surface area contributed by atoms with Gasteiger partial charge < -0.3 is 20.8 Å². The molecule has 8 heteroatoms. The van der Waals surface area contributed by atoms with E-state index >= 15 is 0 Å². The van der Waals surface area contributed by atoms with Crippen molar-refractivity contribution < 1.29 is 9.21 Å². The number of carbonyl (C=O) groups is 1. The number of aromatic nitrogens is 2. The second kappa shape index (κ2) is 8.55. The predicted octanol–water partition coefficient (Wildman–Crippen LogP) is 1.42. The number of nitrogens with one attached hydrogen (secondary N) is 2. The summed E-state index contributed by atoms with van der Waals surface area (Å²) in [6.45, 7) is 9.29. The quantitative estimate of drug-likeness (QED) is 0.511. The highest BCUT2D eigenvalue weighted by atomic mass is 16.3. The molecule has 1 atom stereocenters. The van der Waals surface area contributed by atoms with E-state index in [4.69, 9.17) is 10.2 Å². The summed E-state index contributed by atoms with van der Waals surface area (Å²) in [6, 6.07) is 3.44. The summed E-state index contributed by atoms with van der Waals surface area (Å²) in [5, 5.41) is 11.1. The Bertz CT molecular complexity index is 790. The normalized spacial score (nSPS) is 12.9. The smallest absolute Gasteiger partial charge is 0.284 e. The fraction of sp³-hybridized carbons (Fsp3) is 0.500. The number of hydrogen-bond acceptors (Lipinski definition) is 4. The highest BCUT2D eigenvalue weighted by Gasteiger charge is 2.14. The predicted molar refractivity (Wildman–Crippen MR) is 101 cm³/mol. The summed E-state index contributed by atoms with van der Waals surface area (Å²) in [5.41, 5.74) is 8.67. The molecular weight excluding hydrogens is 332 g/mol. The van der Waals surface area contributed by atoms with Gasteiger partial charge in [0.1, 0.15) is 12.3 Å². The van der Waals surface area contributed by atoms with Crippen molar-refractivity contribution in [3.05, 3.63) is 40.6 Å². The molecule has 0 aromatic carbocycles. The SMILES string of the molecule is CCNC(=NCc1ccc(C(N)=O)o1)NC(C)Cc1c(C)nn(C)c1C. The van der Waals surface area contributed by atoms with Crippen molar-refractivity contribution >= 4 is 11.9 Å². The third kappa shape index (κ3) is 4.87. The molecule has 0 aliphatic rings. The van der Waals surface area contributed by atoms with Crippen molar-refractivity contribution in [3.8, 4) is 0 Å². The third-order valence-corrected chi connectivity index (χ3v) is 4.19. The molecule has 2 aromatic rings. The molecule has 8 nitrogen and oxygen atoms in total. The van der Waals surface area contributed by atoms with Crippen LogP contribution in [0.5, 0.6) is 0 Å². The minimum absolute atomic E-state index is 0.143. The highest BCUT2D eigenvalue weighted by Crippen LogP contribution is 2.14. The lowest BCUT2D eigenvalue weighted by Crippen LogP contribution is -2.43. The molecule has 0 bridgehead atoms. The number of guanidine groups is 1. The lowest BCUT2D eigenvalue weighted by Gasteiger charge is -2.18. The first kappa shape index (κ1) is 19.6. The van der Waals surface area contributed by atoms with Crippen LogP contribution in [-0.2, 0) is 20.0 Å². The number of nitrogens with zero attached hydrogens (tertiary/aromatic N) is 3. The molecule has 1 amide bonds. The van der Waals surface area contributed by atoms with E-state index in [1.165, 1.54) is 11.3 Å². The summed E-state index contributed by atoms with van der Waals surface area (Å²) in [6.07, 6.45) is 0.850.